The van der Waals surface area contributed by atoms with Crippen LogP contribution in [-0.2, 0) is 6.42 Å². The molecule has 30 heavy (non-hydrogen) atoms. The number of rotatable bonds is 4. The van der Waals surface area contributed by atoms with Gasteiger partial charge < -0.3 is 20.1 Å². The molecule has 0 radical (unpaired) electrons. The summed E-state index contributed by atoms with van der Waals surface area (Å²) >= 11 is 0. The highest BCUT2D eigenvalue weighted by atomic mass is 19.2. The molecule has 7 nitrogen and oxygen atoms in total. The molecule has 0 bridgehead atoms. The van der Waals surface area contributed by atoms with Gasteiger partial charge in [0, 0.05) is 30.4 Å². The fraction of sp³-hybridized carbons (Fsp3) is 0.429. The van der Waals surface area contributed by atoms with E-state index in [1.54, 1.807) is 40.1 Å². The molecule has 1 unspecified atom stereocenters. The van der Waals surface area contributed by atoms with E-state index >= 15 is 0 Å². The molecule has 0 spiro atoms. The average molecular weight is 415 g/mol. The van der Waals surface area contributed by atoms with Crippen LogP contribution in [-0.4, -0.2) is 50.7 Å². The van der Waals surface area contributed by atoms with Crippen LogP contribution in [0.15, 0.2) is 36.8 Å². The van der Waals surface area contributed by atoms with Crippen LogP contribution in [0.1, 0.15) is 31.2 Å². The fourth-order valence-corrected chi connectivity index (χ4v) is 4.20. The van der Waals surface area contributed by atoms with Gasteiger partial charge in [0.2, 0.25) is 0 Å². The van der Waals surface area contributed by atoms with Gasteiger partial charge in [0.25, 0.3) is 0 Å². The van der Waals surface area contributed by atoms with Crippen LogP contribution in [0.25, 0.3) is 5.65 Å². The van der Waals surface area contributed by atoms with Crippen LogP contribution in [0.4, 0.5) is 20.2 Å². The first-order valence-electron chi connectivity index (χ1n) is 9.93. The van der Waals surface area contributed by atoms with E-state index in [1.807, 2.05) is 19.9 Å². The first-order chi connectivity index (χ1) is 14.3. The molecular weight excluding hydrogens is 392 g/mol. The van der Waals surface area contributed by atoms with Crippen LogP contribution in [0.3, 0.4) is 0 Å². The largest absolute Gasteiger partial charge is 0.487 e. The molecule has 4 heterocycles. The second kappa shape index (κ2) is 6.80. The Balaban J connectivity index is 1.52. The zero-order valence-corrected chi connectivity index (χ0v) is 16.7. The summed E-state index contributed by atoms with van der Waals surface area (Å²) in [7, 11) is 0. The maximum absolute atomic E-state index is 13.9. The van der Waals surface area contributed by atoms with Crippen molar-refractivity contribution in [3.63, 3.8) is 0 Å². The molecule has 1 aromatic carbocycles. The summed E-state index contributed by atoms with van der Waals surface area (Å²) in [6, 6.07) is 5.44. The maximum atomic E-state index is 13.9. The third kappa shape index (κ3) is 3.23. The lowest BCUT2D eigenvalue weighted by molar-refractivity contribution is 0.138. The lowest BCUT2D eigenvalue weighted by Gasteiger charge is -2.24. The summed E-state index contributed by atoms with van der Waals surface area (Å²) in [6.45, 7) is 3.88. The second-order valence-electron chi connectivity index (χ2n) is 8.49. The van der Waals surface area contributed by atoms with Gasteiger partial charge in [-0.05, 0) is 26.0 Å². The van der Waals surface area contributed by atoms with E-state index in [0.717, 1.165) is 5.56 Å². The summed E-state index contributed by atoms with van der Waals surface area (Å²) < 4.78 is 35.4. The Labute approximate surface area is 172 Å². The van der Waals surface area contributed by atoms with Crippen molar-refractivity contribution in [2.75, 3.05) is 23.3 Å². The fourth-order valence-electron chi connectivity index (χ4n) is 4.20. The third-order valence-corrected chi connectivity index (χ3v) is 5.60. The Morgan fingerprint density at radius 2 is 2.03 bits per heavy atom. The van der Waals surface area contributed by atoms with E-state index in [-0.39, 0.29) is 18.7 Å². The number of aromatic nitrogens is 3. The Bertz CT molecular complexity index is 1090. The Morgan fingerprint density at radius 1 is 1.27 bits per heavy atom. The minimum Gasteiger partial charge on any atom is -0.487 e. The van der Waals surface area contributed by atoms with Crippen LogP contribution >= 0.6 is 0 Å². The van der Waals surface area contributed by atoms with Gasteiger partial charge in [-0.15, -0.1) is 0 Å². The van der Waals surface area contributed by atoms with Crippen LogP contribution in [0.5, 0.6) is 5.75 Å². The minimum atomic E-state index is -1.54. The lowest BCUT2D eigenvalue weighted by atomic mass is 10.0. The molecule has 3 atom stereocenters. The molecule has 2 aliphatic heterocycles. The number of hydrogen-bond donors (Lipinski definition) is 2. The van der Waals surface area contributed by atoms with Gasteiger partial charge in [0.05, 0.1) is 36.2 Å². The summed E-state index contributed by atoms with van der Waals surface area (Å²) in [5, 5.41) is 18.2. The highest BCUT2D eigenvalue weighted by Crippen LogP contribution is 2.43. The van der Waals surface area contributed by atoms with Crippen LogP contribution in [0.2, 0.25) is 0 Å². The molecule has 2 aromatic heterocycles. The molecule has 2 aliphatic rings. The number of halogens is 2. The van der Waals surface area contributed by atoms with Crippen molar-refractivity contribution in [2.45, 2.75) is 44.4 Å². The molecule has 0 aliphatic carbocycles. The molecule has 3 aromatic rings. The predicted octanol–water partition coefficient (Wildman–Crippen LogP) is 3.04. The number of hydrogen-bond acceptors (Lipinski definition) is 6. The molecule has 1 saturated heterocycles. The van der Waals surface area contributed by atoms with Crippen molar-refractivity contribution in [1.82, 2.24) is 14.6 Å². The van der Waals surface area contributed by atoms with E-state index in [1.165, 1.54) is 0 Å². The van der Waals surface area contributed by atoms with Crippen molar-refractivity contribution in [3.05, 3.63) is 47.9 Å². The summed E-state index contributed by atoms with van der Waals surface area (Å²) in [4.78, 5) is 5.92. The average Bonchev–Trinajstić information content (AvgIpc) is 3.35. The SMILES string of the molecule is CC1(C)Cc2cc(NC(O)c3cnn4cccnc34)c(N3C[C@@H](F)[C@@H](F)C3)cc2O1. The van der Waals surface area contributed by atoms with E-state index in [0.29, 0.717) is 34.8 Å². The number of nitrogens with zero attached hydrogens (tertiary/aromatic N) is 4. The maximum Gasteiger partial charge on any atom is 0.162 e. The molecule has 158 valence electrons. The van der Waals surface area contributed by atoms with Gasteiger partial charge in [-0.3, -0.25) is 0 Å². The first-order valence-corrected chi connectivity index (χ1v) is 9.93. The first kappa shape index (κ1) is 19.0. The van der Waals surface area contributed by atoms with E-state index in [9.17, 15) is 13.9 Å². The zero-order chi connectivity index (χ0) is 21.0. The quantitative estimate of drug-likeness (QED) is 0.638. The number of nitrogens with one attached hydrogen (secondary N) is 1. The van der Waals surface area contributed by atoms with Gasteiger partial charge in [0.1, 0.15) is 11.4 Å². The van der Waals surface area contributed by atoms with Gasteiger partial charge in [-0.25, -0.2) is 18.3 Å². The molecule has 0 amide bonds. The number of alkyl halides is 2. The number of aliphatic hydroxyl groups is 1. The number of aliphatic hydroxyl groups excluding tert-OH is 1. The van der Waals surface area contributed by atoms with Gasteiger partial charge >= 0.3 is 0 Å². The molecule has 2 N–H and O–H groups in total. The Hall–Kier alpha value is -2.94. The topological polar surface area (TPSA) is 74.9 Å². The monoisotopic (exact) mass is 415 g/mol. The van der Waals surface area contributed by atoms with Crippen molar-refractivity contribution in [3.8, 4) is 5.75 Å². The number of ether oxygens (including phenoxy) is 1. The van der Waals surface area contributed by atoms with Crippen molar-refractivity contribution < 1.29 is 18.6 Å². The molecule has 9 heteroatoms. The van der Waals surface area contributed by atoms with Crippen LogP contribution < -0.4 is 15.0 Å². The predicted molar refractivity (Wildman–Crippen MR) is 108 cm³/mol. The number of benzene rings is 1. The second-order valence-corrected chi connectivity index (χ2v) is 8.49. The molecule has 1 fully saturated rings. The lowest BCUT2D eigenvalue weighted by Crippen LogP contribution is -2.24. The third-order valence-electron chi connectivity index (χ3n) is 5.60. The standard InChI is InChI=1S/C21H23F2N5O2/c1-21(2)8-12-6-16(17(7-18(12)30-21)27-10-14(22)15(23)11-27)26-20(29)13-9-25-28-5-3-4-24-19(13)28/h3-7,9,14-15,20,26,29H,8,10-11H2,1-2H3/t14-,15+,20?. The van der Waals surface area contributed by atoms with Crippen molar-refractivity contribution in [1.29, 1.82) is 0 Å². The summed E-state index contributed by atoms with van der Waals surface area (Å²) in [6.07, 6.45) is 1.42. The number of fused-ring (bicyclic) bond motifs is 2. The van der Waals surface area contributed by atoms with E-state index in [2.05, 4.69) is 15.4 Å². The number of anilines is 2. The Kier molecular flexibility index (Phi) is 4.32. The highest BCUT2D eigenvalue weighted by Gasteiger charge is 2.37. The molecule has 0 saturated carbocycles. The summed E-state index contributed by atoms with van der Waals surface area (Å²) in [5.41, 5.74) is 2.82. The highest BCUT2D eigenvalue weighted by molar-refractivity contribution is 5.75. The van der Waals surface area contributed by atoms with Gasteiger partial charge in [0.15, 0.2) is 24.2 Å². The van der Waals surface area contributed by atoms with Gasteiger partial charge in [-0.1, -0.05) is 0 Å². The van der Waals surface area contributed by atoms with E-state index < -0.39 is 18.6 Å². The summed E-state index contributed by atoms with van der Waals surface area (Å²) in [5.74, 6) is 0.699. The van der Waals surface area contributed by atoms with Crippen LogP contribution in [0, 0.1) is 0 Å². The van der Waals surface area contributed by atoms with Crippen molar-refractivity contribution >= 4 is 17.0 Å². The zero-order valence-electron chi connectivity index (χ0n) is 16.7. The van der Waals surface area contributed by atoms with Crippen molar-refractivity contribution in [2.24, 2.45) is 0 Å². The smallest absolute Gasteiger partial charge is 0.162 e. The minimum absolute atomic E-state index is 0.0492. The Morgan fingerprint density at radius 3 is 2.80 bits per heavy atom. The van der Waals surface area contributed by atoms with Gasteiger partial charge in [-0.2, -0.15) is 5.10 Å². The normalized spacial score (nSPS) is 23.4. The molecular formula is C21H23F2N5O2. The van der Waals surface area contributed by atoms with E-state index in [4.69, 9.17) is 4.74 Å². The molecule has 5 rings (SSSR count).